The zero-order valence-electron chi connectivity index (χ0n) is 24.3. The number of benzene rings is 2. The maximum absolute atomic E-state index is 14.0. The molecule has 4 heterocycles. The standard InChI is InChI=1S/C32H30ClN3O7S2/c1-41-21-12-15(2-7-20(21)43-14-22(37)35-8-10-42-11-9-35)23-24-18-13-19(27(24)44-29-28(23)45-32(40)34-29)26-25(18)30(38)36(31(26)39)17-5-3-16(33)4-6-17/h2-7,12,18-19,23-27H,8-11,13-14H2,1H3,(H,34,40)/t18-,19-,23+,24-,25+,26+,27-/m1/s1. The van der Waals surface area contributed by atoms with E-state index in [4.69, 9.17) is 25.8 Å². The van der Waals surface area contributed by atoms with Gasteiger partial charge in [0.2, 0.25) is 11.8 Å². The Labute approximate surface area is 272 Å². The summed E-state index contributed by atoms with van der Waals surface area (Å²) in [6.45, 7) is 2.00. The Morgan fingerprint density at radius 1 is 1.02 bits per heavy atom. The summed E-state index contributed by atoms with van der Waals surface area (Å²) in [7, 11) is 1.56. The molecule has 0 spiro atoms. The third kappa shape index (κ3) is 4.63. The van der Waals surface area contributed by atoms with Crippen molar-refractivity contribution in [2.24, 2.45) is 29.6 Å². The summed E-state index contributed by atoms with van der Waals surface area (Å²) in [5.74, 6) is -0.385. The van der Waals surface area contributed by atoms with Gasteiger partial charge in [-0.25, -0.2) is 0 Å². The van der Waals surface area contributed by atoms with Gasteiger partial charge < -0.3 is 24.1 Å². The van der Waals surface area contributed by atoms with Gasteiger partial charge in [0.1, 0.15) is 0 Å². The highest BCUT2D eigenvalue weighted by Crippen LogP contribution is 2.68. The minimum absolute atomic E-state index is 0.0125. The fourth-order valence-corrected chi connectivity index (χ4v) is 11.3. The number of carbonyl (C=O) groups excluding carboxylic acids is 3. The molecular formula is C32H30ClN3O7S2. The molecule has 0 unspecified atom stereocenters. The Kier molecular flexibility index (Phi) is 7.23. The van der Waals surface area contributed by atoms with Crippen LogP contribution in [0.5, 0.6) is 11.5 Å². The molecule has 234 valence electrons. The quantitative estimate of drug-likeness (QED) is 0.392. The van der Waals surface area contributed by atoms with Crippen molar-refractivity contribution in [3.8, 4) is 11.5 Å². The first-order chi connectivity index (χ1) is 21.8. The van der Waals surface area contributed by atoms with Crippen LogP contribution in [0.1, 0.15) is 22.8 Å². The van der Waals surface area contributed by atoms with Gasteiger partial charge in [-0.3, -0.25) is 24.1 Å². The normalized spacial score (nSPS) is 29.9. The van der Waals surface area contributed by atoms with Crippen molar-refractivity contribution in [1.82, 2.24) is 9.88 Å². The van der Waals surface area contributed by atoms with Gasteiger partial charge in [0.15, 0.2) is 18.1 Å². The van der Waals surface area contributed by atoms with E-state index < -0.39 is 5.92 Å². The van der Waals surface area contributed by atoms with Crippen LogP contribution in [0.15, 0.2) is 52.3 Å². The summed E-state index contributed by atoms with van der Waals surface area (Å²) in [4.78, 5) is 60.1. The second-order valence-corrected chi connectivity index (χ2v) is 14.8. The number of H-pyrrole nitrogens is 1. The molecule has 3 amide bonds. The Balaban J connectivity index is 1.11. The van der Waals surface area contributed by atoms with Crippen molar-refractivity contribution in [1.29, 1.82) is 0 Å². The van der Waals surface area contributed by atoms with Crippen LogP contribution >= 0.6 is 34.7 Å². The minimum Gasteiger partial charge on any atom is -0.493 e. The number of morpholine rings is 1. The highest BCUT2D eigenvalue weighted by Gasteiger charge is 2.69. The van der Waals surface area contributed by atoms with Crippen LogP contribution in [0.2, 0.25) is 5.02 Å². The van der Waals surface area contributed by atoms with Crippen LogP contribution in [-0.4, -0.2) is 72.9 Å². The van der Waals surface area contributed by atoms with E-state index in [9.17, 15) is 19.2 Å². The topological polar surface area (TPSA) is 118 Å². The average molecular weight is 668 g/mol. The van der Waals surface area contributed by atoms with Gasteiger partial charge in [-0.1, -0.05) is 29.0 Å². The van der Waals surface area contributed by atoms with Crippen LogP contribution in [0.4, 0.5) is 5.69 Å². The highest BCUT2D eigenvalue weighted by atomic mass is 35.5. The third-order valence-corrected chi connectivity index (χ3v) is 12.9. The molecule has 3 aliphatic heterocycles. The lowest BCUT2D eigenvalue weighted by atomic mass is 9.68. The molecule has 0 radical (unpaired) electrons. The predicted molar refractivity (Wildman–Crippen MR) is 168 cm³/mol. The van der Waals surface area contributed by atoms with Crippen LogP contribution in [-0.2, 0) is 19.1 Å². The molecule has 13 heteroatoms. The number of ether oxygens (including phenoxy) is 3. The number of rotatable bonds is 6. The molecule has 45 heavy (non-hydrogen) atoms. The maximum atomic E-state index is 14.0. The number of amides is 3. The lowest BCUT2D eigenvalue weighted by Crippen LogP contribution is -2.43. The van der Waals surface area contributed by atoms with Gasteiger partial charge in [0.25, 0.3) is 5.91 Å². The number of nitrogens with zero attached hydrogens (tertiary/aromatic N) is 2. The smallest absolute Gasteiger partial charge is 0.305 e. The van der Waals surface area contributed by atoms with Crippen LogP contribution in [0.25, 0.3) is 0 Å². The molecule has 8 rings (SSSR count). The molecule has 3 aromatic rings. The van der Waals surface area contributed by atoms with Gasteiger partial charge in [0.05, 0.1) is 42.9 Å². The zero-order valence-corrected chi connectivity index (χ0v) is 26.7. The molecule has 2 saturated heterocycles. The van der Waals surface area contributed by atoms with E-state index in [1.54, 1.807) is 48.0 Å². The monoisotopic (exact) mass is 667 g/mol. The van der Waals surface area contributed by atoms with Gasteiger partial charge in [-0.15, -0.1) is 11.8 Å². The van der Waals surface area contributed by atoms with Crippen LogP contribution in [0.3, 0.4) is 0 Å². The lowest BCUT2D eigenvalue weighted by molar-refractivity contribution is -0.137. The van der Waals surface area contributed by atoms with Crippen molar-refractivity contribution in [2.75, 3.05) is 44.9 Å². The van der Waals surface area contributed by atoms with Crippen molar-refractivity contribution >= 4 is 58.1 Å². The molecule has 2 aromatic carbocycles. The fraction of sp³-hybridized carbons (Fsp3) is 0.438. The molecule has 2 bridgehead atoms. The summed E-state index contributed by atoms with van der Waals surface area (Å²) in [6, 6.07) is 12.5. The molecule has 1 aromatic heterocycles. The Morgan fingerprint density at radius 3 is 2.49 bits per heavy atom. The number of hydrogen-bond acceptors (Lipinski definition) is 9. The van der Waals surface area contributed by atoms with Crippen molar-refractivity contribution in [2.45, 2.75) is 22.6 Å². The van der Waals surface area contributed by atoms with E-state index in [1.807, 2.05) is 18.2 Å². The average Bonchev–Trinajstić information content (AvgIpc) is 3.79. The number of thiazole rings is 1. The number of aromatic amines is 1. The van der Waals surface area contributed by atoms with E-state index in [0.717, 1.165) is 21.9 Å². The van der Waals surface area contributed by atoms with Crippen LogP contribution in [0, 0.1) is 29.6 Å². The van der Waals surface area contributed by atoms with Crippen LogP contribution < -0.4 is 19.2 Å². The van der Waals surface area contributed by atoms with Gasteiger partial charge >= 0.3 is 4.87 Å². The first kappa shape index (κ1) is 29.1. The molecule has 4 fully saturated rings. The number of anilines is 1. The summed E-state index contributed by atoms with van der Waals surface area (Å²) in [6.07, 6.45) is 0.793. The van der Waals surface area contributed by atoms with E-state index >= 15 is 0 Å². The number of carbonyl (C=O) groups is 3. The summed E-state index contributed by atoms with van der Waals surface area (Å²) in [5, 5.41) is 1.44. The Hall–Kier alpha value is -3.32. The fourth-order valence-electron chi connectivity index (χ4n) is 8.28. The first-order valence-electron chi connectivity index (χ1n) is 15.0. The summed E-state index contributed by atoms with van der Waals surface area (Å²) < 4.78 is 17.0. The predicted octanol–water partition coefficient (Wildman–Crippen LogP) is 4.01. The van der Waals surface area contributed by atoms with Gasteiger partial charge in [-0.05, 0) is 66.1 Å². The van der Waals surface area contributed by atoms with E-state index in [1.165, 1.54) is 16.2 Å². The number of imide groups is 1. The number of hydrogen-bond donors (Lipinski definition) is 1. The van der Waals surface area contributed by atoms with Crippen molar-refractivity contribution < 1.29 is 28.6 Å². The molecular weight excluding hydrogens is 638 g/mol. The van der Waals surface area contributed by atoms with E-state index in [0.29, 0.717) is 48.5 Å². The van der Waals surface area contributed by atoms with E-state index in [-0.39, 0.29) is 64.0 Å². The summed E-state index contributed by atoms with van der Waals surface area (Å²) in [5.41, 5.74) is 1.49. The number of fused-ring (bicyclic) bond motifs is 9. The number of thioether (sulfide) groups is 1. The number of aromatic nitrogens is 1. The molecule has 10 nitrogen and oxygen atoms in total. The molecule has 2 aliphatic carbocycles. The van der Waals surface area contributed by atoms with Gasteiger partial charge in [0, 0.05) is 34.2 Å². The van der Waals surface area contributed by atoms with Crippen molar-refractivity contribution in [3.63, 3.8) is 0 Å². The summed E-state index contributed by atoms with van der Waals surface area (Å²) >= 11 is 8.94. The first-order valence-corrected chi connectivity index (χ1v) is 17.1. The maximum Gasteiger partial charge on any atom is 0.305 e. The number of halogens is 1. The second-order valence-electron chi connectivity index (χ2n) is 12.1. The lowest BCUT2D eigenvalue weighted by Gasteiger charge is -2.43. The molecule has 1 N–H and O–H groups in total. The largest absolute Gasteiger partial charge is 0.493 e. The van der Waals surface area contributed by atoms with Crippen molar-refractivity contribution in [3.05, 3.63) is 67.6 Å². The molecule has 5 aliphatic rings. The van der Waals surface area contributed by atoms with E-state index in [2.05, 4.69) is 4.98 Å². The molecule has 2 saturated carbocycles. The zero-order chi connectivity index (χ0) is 31.0. The Morgan fingerprint density at radius 2 is 1.76 bits per heavy atom. The minimum atomic E-state index is -0.407. The number of methoxy groups -OCH3 is 1. The van der Waals surface area contributed by atoms with Gasteiger partial charge in [-0.2, -0.15) is 0 Å². The third-order valence-electron chi connectivity index (χ3n) is 10.1. The second kappa shape index (κ2) is 11.2. The number of nitrogens with one attached hydrogen (secondary N) is 1. The molecule has 7 atom stereocenters. The Bertz CT molecular complexity index is 1750. The SMILES string of the molecule is COc1cc([C@@H]2c3sc(=O)[nH]c3S[C@@H]3[C@@H]4C[C@@H]([C@@H]5C(=O)N(c6ccc(Cl)cc6)C(=O)[C@@H]45)[C@H]23)ccc1OCC(=O)N1CCOCC1. The highest BCUT2D eigenvalue weighted by molar-refractivity contribution is 8.00.